The van der Waals surface area contributed by atoms with Crippen molar-refractivity contribution in [3.63, 3.8) is 0 Å². The van der Waals surface area contributed by atoms with Crippen molar-refractivity contribution in [2.45, 2.75) is 52.4 Å². The van der Waals surface area contributed by atoms with E-state index in [1.807, 2.05) is 11.0 Å². The van der Waals surface area contributed by atoms with Gasteiger partial charge in [0.1, 0.15) is 0 Å². The quantitative estimate of drug-likeness (QED) is 0.818. The second-order valence-corrected chi connectivity index (χ2v) is 6.36. The van der Waals surface area contributed by atoms with Crippen molar-refractivity contribution < 1.29 is 4.79 Å². The van der Waals surface area contributed by atoms with Crippen LogP contribution < -0.4 is 10.6 Å². The van der Waals surface area contributed by atoms with Crippen molar-refractivity contribution in [3.8, 4) is 0 Å². The maximum atomic E-state index is 12.4. The van der Waals surface area contributed by atoms with Gasteiger partial charge >= 0.3 is 0 Å². The standard InChI is InChI=1S/C19H31N3O/c1-3-21(4-2)18-11-9-16(15-17(18)20)10-12-19(23)22-13-7-5-6-8-14-22/h9,11,15H,3-8,10,12-14,20H2,1-2H3. The minimum atomic E-state index is 0.290. The van der Waals surface area contributed by atoms with Crippen LogP contribution in [-0.2, 0) is 11.2 Å². The first-order valence-electron chi connectivity index (χ1n) is 9.06. The zero-order valence-corrected chi connectivity index (χ0v) is 14.7. The third kappa shape index (κ3) is 4.88. The van der Waals surface area contributed by atoms with Crippen LogP contribution in [0.3, 0.4) is 0 Å². The van der Waals surface area contributed by atoms with Gasteiger partial charge in [-0.25, -0.2) is 0 Å². The van der Waals surface area contributed by atoms with Gasteiger partial charge in [0.05, 0.1) is 11.4 Å². The molecule has 1 aromatic carbocycles. The van der Waals surface area contributed by atoms with E-state index in [9.17, 15) is 4.79 Å². The van der Waals surface area contributed by atoms with Crippen LogP contribution in [0.1, 0.15) is 51.5 Å². The Morgan fingerprint density at radius 2 is 1.78 bits per heavy atom. The molecule has 1 fully saturated rings. The topological polar surface area (TPSA) is 49.6 Å². The Labute approximate surface area is 140 Å². The maximum Gasteiger partial charge on any atom is 0.222 e. The smallest absolute Gasteiger partial charge is 0.222 e. The molecule has 0 spiro atoms. The number of nitrogen functional groups attached to an aromatic ring is 1. The predicted octanol–water partition coefficient (Wildman–Crippen LogP) is 3.45. The van der Waals surface area contributed by atoms with Gasteiger partial charge in [-0.15, -0.1) is 0 Å². The fraction of sp³-hybridized carbons (Fsp3) is 0.632. The number of hydrogen-bond donors (Lipinski definition) is 1. The Morgan fingerprint density at radius 1 is 1.13 bits per heavy atom. The first-order valence-corrected chi connectivity index (χ1v) is 9.06. The highest BCUT2D eigenvalue weighted by Crippen LogP contribution is 2.25. The molecule has 4 heteroatoms. The van der Waals surface area contributed by atoms with Crippen molar-refractivity contribution in [3.05, 3.63) is 23.8 Å². The highest BCUT2D eigenvalue weighted by molar-refractivity contribution is 5.76. The number of carbonyl (C=O) groups excluding carboxylic acids is 1. The van der Waals surface area contributed by atoms with E-state index in [0.29, 0.717) is 12.3 Å². The molecule has 1 aliphatic rings. The fourth-order valence-electron chi connectivity index (χ4n) is 3.34. The van der Waals surface area contributed by atoms with Gasteiger partial charge in [0.2, 0.25) is 5.91 Å². The molecular weight excluding hydrogens is 286 g/mol. The zero-order valence-electron chi connectivity index (χ0n) is 14.7. The molecule has 1 amide bonds. The Kier molecular flexibility index (Phi) is 6.75. The van der Waals surface area contributed by atoms with E-state index in [4.69, 9.17) is 5.73 Å². The second-order valence-electron chi connectivity index (χ2n) is 6.36. The van der Waals surface area contributed by atoms with Gasteiger partial charge in [-0.3, -0.25) is 4.79 Å². The van der Waals surface area contributed by atoms with E-state index in [1.54, 1.807) is 0 Å². The Hall–Kier alpha value is -1.71. The van der Waals surface area contributed by atoms with E-state index in [-0.39, 0.29) is 0 Å². The SMILES string of the molecule is CCN(CC)c1ccc(CCC(=O)N2CCCCCC2)cc1N. The summed E-state index contributed by atoms with van der Waals surface area (Å²) in [4.78, 5) is 16.7. The molecular formula is C19H31N3O. The van der Waals surface area contributed by atoms with Crippen molar-refractivity contribution in [1.82, 2.24) is 4.90 Å². The number of amides is 1. The van der Waals surface area contributed by atoms with Crippen LogP contribution in [0, 0.1) is 0 Å². The molecule has 1 heterocycles. The lowest BCUT2D eigenvalue weighted by molar-refractivity contribution is -0.131. The van der Waals surface area contributed by atoms with Crippen LogP contribution >= 0.6 is 0 Å². The molecule has 2 N–H and O–H groups in total. The summed E-state index contributed by atoms with van der Waals surface area (Å²) in [6, 6.07) is 6.23. The molecule has 1 saturated heterocycles. The van der Waals surface area contributed by atoms with Crippen LogP contribution in [0.25, 0.3) is 0 Å². The number of aryl methyl sites for hydroxylation is 1. The third-order valence-corrected chi connectivity index (χ3v) is 4.78. The summed E-state index contributed by atoms with van der Waals surface area (Å²) in [6.45, 7) is 8.04. The van der Waals surface area contributed by atoms with Gasteiger partial charge in [-0.1, -0.05) is 18.9 Å². The molecule has 23 heavy (non-hydrogen) atoms. The number of likely N-dealkylation sites (tertiary alicyclic amines) is 1. The lowest BCUT2D eigenvalue weighted by Gasteiger charge is -2.23. The minimum absolute atomic E-state index is 0.290. The molecule has 0 atom stereocenters. The average molecular weight is 317 g/mol. The van der Waals surface area contributed by atoms with Gasteiger partial charge in [0, 0.05) is 32.6 Å². The van der Waals surface area contributed by atoms with E-state index in [0.717, 1.165) is 62.4 Å². The molecule has 0 unspecified atom stereocenters. The first kappa shape index (κ1) is 17.6. The fourth-order valence-corrected chi connectivity index (χ4v) is 3.34. The van der Waals surface area contributed by atoms with Crippen LogP contribution in [0.4, 0.5) is 11.4 Å². The van der Waals surface area contributed by atoms with Crippen LogP contribution in [0.2, 0.25) is 0 Å². The van der Waals surface area contributed by atoms with E-state index in [2.05, 4.69) is 30.9 Å². The molecule has 0 saturated carbocycles. The lowest BCUT2D eigenvalue weighted by atomic mass is 10.1. The van der Waals surface area contributed by atoms with Gasteiger partial charge in [-0.2, -0.15) is 0 Å². The van der Waals surface area contributed by atoms with Gasteiger partial charge in [-0.05, 0) is 50.8 Å². The number of rotatable bonds is 6. The predicted molar refractivity (Wildman–Crippen MR) is 97.8 cm³/mol. The summed E-state index contributed by atoms with van der Waals surface area (Å²) >= 11 is 0. The molecule has 2 rings (SSSR count). The van der Waals surface area contributed by atoms with Gasteiger partial charge in [0.15, 0.2) is 0 Å². The summed E-state index contributed by atoms with van der Waals surface area (Å²) in [5.74, 6) is 0.290. The van der Waals surface area contributed by atoms with Crippen molar-refractivity contribution in [2.24, 2.45) is 0 Å². The Bertz CT molecular complexity index is 503. The molecule has 0 aliphatic carbocycles. The molecule has 128 valence electrons. The maximum absolute atomic E-state index is 12.4. The summed E-state index contributed by atoms with van der Waals surface area (Å²) in [5.41, 5.74) is 9.27. The number of nitrogens with two attached hydrogens (primary N) is 1. The van der Waals surface area contributed by atoms with Crippen molar-refractivity contribution >= 4 is 17.3 Å². The van der Waals surface area contributed by atoms with Gasteiger partial charge < -0.3 is 15.5 Å². The normalized spacial score (nSPS) is 15.3. The summed E-state index contributed by atoms with van der Waals surface area (Å²) in [5, 5.41) is 0. The number of anilines is 2. The molecule has 0 bridgehead atoms. The minimum Gasteiger partial charge on any atom is -0.397 e. The van der Waals surface area contributed by atoms with Crippen molar-refractivity contribution in [2.75, 3.05) is 36.8 Å². The van der Waals surface area contributed by atoms with Crippen molar-refractivity contribution in [1.29, 1.82) is 0 Å². The largest absolute Gasteiger partial charge is 0.397 e. The van der Waals surface area contributed by atoms with Gasteiger partial charge in [0.25, 0.3) is 0 Å². The summed E-state index contributed by atoms with van der Waals surface area (Å²) < 4.78 is 0. The van der Waals surface area contributed by atoms with Crippen LogP contribution in [0.5, 0.6) is 0 Å². The molecule has 0 aromatic heterocycles. The van der Waals surface area contributed by atoms with E-state index >= 15 is 0 Å². The number of hydrogen-bond acceptors (Lipinski definition) is 3. The highest BCUT2D eigenvalue weighted by Gasteiger charge is 2.15. The van der Waals surface area contributed by atoms with Crippen LogP contribution in [0.15, 0.2) is 18.2 Å². The number of carbonyl (C=O) groups is 1. The number of benzene rings is 1. The monoisotopic (exact) mass is 317 g/mol. The average Bonchev–Trinajstić information content (AvgIpc) is 2.84. The zero-order chi connectivity index (χ0) is 16.7. The summed E-state index contributed by atoms with van der Waals surface area (Å²) in [6.07, 6.45) is 6.18. The highest BCUT2D eigenvalue weighted by atomic mass is 16.2. The molecule has 1 aliphatic heterocycles. The van der Waals surface area contributed by atoms with E-state index in [1.165, 1.54) is 12.8 Å². The number of nitrogens with zero attached hydrogens (tertiary/aromatic N) is 2. The lowest BCUT2D eigenvalue weighted by Crippen LogP contribution is -2.31. The molecule has 4 nitrogen and oxygen atoms in total. The molecule has 1 aromatic rings. The Morgan fingerprint density at radius 3 is 2.35 bits per heavy atom. The second kappa shape index (κ2) is 8.80. The van der Waals surface area contributed by atoms with Crippen LogP contribution in [-0.4, -0.2) is 37.0 Å². The summed E-state index contributed by atoms with van der Waals surface area (Å²) in [7, 11) is 0. The Balaban J connectivity index is 1.92. The van der Waals surface area contributed by atoms with E-state index < -0.39 is 0 Å². The third-order valence-electron chi connectivity index (χ3n) is 4.78. The molecule has 0 radical (unpaired) electrons. The first-order chi connectivity index (χ1) is 11.2.